The van der Waals surface area contributed by atoms with Gasteiger partial charge in [-0.25, -0.2) is 19.1 Å². The lowest BCUT2D eigenvalue weighted by Gasteiger charge is -2.32. The third-order valence-electron chi connectivity index (χ3n) is 22.2. The fourth-order valence-corrected chi connectivity index (χ4v) is 14.7. The second-order valence-corrected chi connectivity index (χ2v) is 32.6. The maximum atomic E-state index is 15.3. The summed E-state index contributed by atoms with van der Waals surface area (Å²) >= 11 is 0. The summed E-state index contributed by atoms with van der Waals surface area (Å²) in [6.07, 6.45) is 3.64. The van der Waals surface area contributed by atoms with Crippen LogP contribution in [0.1, 0.15) is 99.0 Å². The largest absolute Gasteiger partial charge is 0.492 e. The number of nitrogens with zero attached hydrogens (tertiary/aromatic N) is 3. The zero-order chi connectivity index (χ0) is 98.8. The Morgan fingerprint density at radius 1 is 0.525 bits per heavy atom. The number of carbonyl (C=O) groups is 11. The number of imide groups is 1. The van der Waals surface area contributed by atoms with E-state index >= 15 is 4.39 Å². The van der Waals surface area contributed by atoms with E-state index in [1.807, 2.05) is 0 Å². The quantitative estimate of drug-likeness (QED) is 0.0110. The molecule has 764 valence electrons. The molecular weight excluding hydrogens is 1830 g/mol. The highest BCUT2D eigenvalue weighted by Gasteiger charge is 2.50. The summed E-state index contributed by atoms with van der Waals surface area (Å²) in [6.45, 7) is 8.92. The maximum Gasteiger partial charge on any atom is 0.343 e. The van der Waals surface area contributed by atoms with Crippen LogP contribution in [-0.2, 0) is 160 Å². The first-order chi connectivity index (χ1) is 67.6. The Bertz CT molecular complexity index is 4810. The Kier molecular flexibility index (Phi) is 48.3. The first-order valence-electron chi connectivity index (χ1n) is 46.7. The number of aromatic nitrogens is 2. The van der Waals surface area contributed by atoms with Gasteiger partial charge in [0.05, 0.1) is 270 Å². The number of aliphatic hydroxyl groups is 1. The van der Waals surface area contributed by atoms with Gasteiger partial charge >= 0.3 is 5.97 Å². The number of halogens is 1. The maximum absolute atomic E-state index is 15.3. The predicted octanol–water partition coefficient (Wildman–Crippen LogP) is 0.752. The fraction of sp³-hybridized carbons (Fsp3) is 0.589. The van der Waals surface area contributed by atoms with Gasteiger partial charge < -0.3 is 142 Å². The number of carbonyl (C=O) groups excluding carboxylic acids is 11. The molecule has 2 saturated carbocycles. The van der Waals surface area contributed by atoms with Crippen LogP contribution in [0.3, 0.4) is 0 Å². The third kappa shape index (κ3) is 37.3. The van der Waals surface area contributed by atoms with Gasteiger partial charge in [-0.3, -0.25) is 52.7 Å². The molecule has 2 aromatic heterocycles. The van der Waals surface area contributed by atoms with Crippen LogP contribution < -0.4 is 57.7 Å². The van der Waals surface area contributed by atoms with E-state index in [2.05, 4.69) is 42.5 Å². The predicted molar refractivity (Wildman–Crippen MR) is 493 cm³/mol. The number of cyclic esters (lactones) is 1. The highest BCUT2D eigenvalue weighted by atomic mass is 19.1. The minimum absolute atomic E-state index is 0.00322. The van der Waals surface area contributed by atoms with Crippen LogP contribution in [0.5, 0.6) is 5.75 Å². The molecule has 3 aliphatic heterocycles. The third-order valence-corrected chi connectivity index (χ3v) is 22.2. The van der Waals surface area contributed by atoms with Gasteiger partial charge in [0, 0.05) is 81.4 Å². The molecule has 5 aliphatic rings. The molecule has 0 spiro atoms. The molecule has 2 aliphatic carbocycles. The average Bonchev–Trinajstić information content (AvgIpc) is 1.59. The van der Waals surface area contributed by atoms with Gasteiger partial charge in [0.1, 0.15) is 37.1 Å². The zero-order valence-electron chi connectivity index (χ0n) is 79.0. The van der Waals surface area contributed by atoms with E-state index in [0.29, 0.717) is 197 Å². The molecule has 43 nitrogen and oxygen atoms in total. The van der Waals surface area contributed by atoms with Crippen molar-refractivity contribution in [1.29, 1.82) is 0 Å². The molecule has 44 heteroatoms. The van der Waals surface area contributed by atoms with Gasteiger partial charge in [-0.05, 0) is 85.4 Å². The molecule has 3 aromatic carbocycles. The summed E-state index contributed by atoms with van der Waals surface area (Å²) in [5.41, 5.74) is 0.00187. The first-order valence-corrected chi connectivity index (χ1v) is 46.7. The van der Waals surface area contributed by atoms with Crippen molar-refractivity contribution in [2.24, 2.45) is 11.8 Å². The van der Waals surface area contributed by atoms with E-state index in [4.69, 9.17) is 95.0 Å². The summed E-state index contributed by atoms with van der Waals surface area (Å²) < 4.78 is 122. The number of pyridine rings is 2. The van der Waals surface area contributed by atoms with Crippen molar-refractivity contribution in [3.63, 3.8) is 0 Å². The Morgan fingerprint density at radius 3 is 1.50 bits per heavy atom. The fourth-order valence-electron chi connectivity index (χ4n) is 14.7. The van der Waals surface area contributed by atoms with Gasteiger partial charge in [0.15, 0.2) is 5.60 Å². The van der Waals surface area contributed by atoms with Crippen LogP contribution in [0.4, 0.5) is 10.1 Å². The molecule has 0 radical (unpaired) electrons. The molecule has 10 rings (SSSR count). The smallest absolute Gasteiger partial charge is 0.343 e. The monoisotopic (exact) mass is 1960 g/mol. The number of fused-ring (bicyclic) bond motifs is 5. The lowest BCUT2D eigenvalue weighted by atomic mass is 9.84. The number of rotatable bonds is 75. The van der Waals surface area contributed by atoms with Crippen molar-refractivity contribution in [2.45, 2.75) is 95.7 Å². The number of benzene rings is 3. The van der Waals surface area contributed by atoms with Crippen molar-refractivity contribution < 1.29 is 152 Å². The summed E-state index contributed by atoms with van der Waals surface area (Å²) in [6, 6.07) is 14.3. The molecule has 139 heavy (non-hydrogen) atoms. The molecule has 3 atom stereocenters. The Balaban J connectivity index is 0.655. The summed E-state index contributed by atoms with van der Waals surface area (Å²) in [5.74, 6) is -9.14. The average molecular weight is 1960 g/mol. The van der Waals surface area contributed by atoms with Crippen molar-refractivity contribution >= 4 is 81.6 Å². The number of nitrogens with one attached hydrogen (secondary N) is 8. The van der Waals surface area contributed by atoms with E-state index in [9.17, 15) is 62.6 Å². The molecule has 5 aromatic rings. The lowest BCUT2D eigenvalue weighted by Crippen LogP contribution is -2.52. The van der Waals surface area contributed by atoms with Crippen LogP contribution >= 0.6 is 0 Å². The van der Waals surface area contributed by atoms with Crippen molar-refractivity contribution in [3.8, 4) is 17.1 Å². The standard InChI is InChI=1S/C95H130FN11O32/c1-64-50-69-72(73-61-106-79(86(73)105-77(69)55-76(64)96)54-75-74(93(106)118)62-138-94(119)95(75,120)56-66-11-12-66)57-101-92(117)87(67-13-14-67)139-63-103-82(110)59-102-91(116)78(51-65-8-5-4-6-9-65)104-83(111)60-100-81(109)58-99-80(108)10-7-19-137-88-70(89(114)97-17-20-123-26-28-127-34-36-131-42-44-135-48-46-133-40-38-129-32-30-125-24-22-121-2)52-68(107-84(112)15-16-85(107)113)53-71(88)90(115)98-18-21-124-27-29-128-35-37-132-43-45-136-49-47-134-41-39-130-33-31-126-25-23-122-3/h4-6,8-9,15-16,50,52-55,66-67,78,87,120H,7,10-14,17-49,51,56-63H2,1-3H3,(H,97,114)(H,98,115)(H,99,108)(H,100,109)(H,101,117)(H,102,116)(H,103,110)(H,104,111)/t78-,87-,95-/m0/s1. The molecular formula is C95H130FN11O32. The highest BCUT2D eigenvalue weighted by Crippen LogP contribution is 2.46. The number of aryl methyl sites for hydroxylation is 1. The van der Waals surface area contributed by atoms with Crippen molar-refractivity contribution in [1.82, 2.24) is 52.1 Å². The van der Waals surface area contributed by atoms with Crippen molar-refractivity contribution in [3.05, 3.63) is 133 Å². The van der Waals surface area contributed by atoms with Gasteiger partial charge in [0.25, 0.3) is 29.2 Å². The summed E-state index contributed by atoms with van der Waals surface area (Å²) in [7, 11) is 3.22. The molecule has 10 amide bonds. The zero-order valence-corrected chi connectivity index (χ0v) is 79.0. The van der Waals surface area contributed by atoms with Crippen LogP contribution in [0.2, 0.25) is 0 Å². The minimum Gasteiger partial charge on any atom is -0.492 e. The first kappa shape index (κ1) is 110. The van der Waals surface area contributed by atoms with Gasteiger partial charge in [-0.15, -0.1) is 0 Å². The second-order valence-electron chi connectivity index (χ2n) is 32.6. The molecule has 2 fully saturated rings. The van der Waals surface area contributed by atoms with Crippen LogP contribution in [0.15, 0.2) is 77.6 Å². The second kappa shape index (κ2) is 61.0. The number of amides is 10. The number of methoxy groups -OCH3 is 2. The number of hydrogen-bond acceptors (Lipinski definition) is 33. The summed E-state index contributed by atoms with van der Waals surface area (Å²) in [4.78, 5) is 169. The highest BCUT2D eigenvalue weighted by molar-refractivity contribution is 6.28. The number of anilines is 1. The number of hydrogen-bond donors (Lipinski definition) is 9. The van der Waals surface area contributed by atoms with E-state index in [1.54, 1.807) is 63.6 Å². The topological polar surface area (TPSA) is 518 Å². The van der Waals surface area contributed by atoms with E-state index in [-0.39, 0.29) is 169 Å². The molecule has 9 N–H and O–H groups in total. The normalized spacial score (nSPS) is 15.1. The van der Waals surface area contributed by atoms with Gasteiger partial charge in [0.2, 0.25) is 35.4 Å². The van der Waals surface area contributed by atoms with Crippen molar-refractivity contribution in [2.75, 3.05) is 263 Å². The Labute approximate surface area is 804 Å². The summed E-state index contributed by atoms with van der Waals surface area (Å²) in [5, 5.41) is 33.3. The van der Waals surface area contributed by atoms with Gasteiger partial charge in [-0.2, -0.15) is 0 Å². The Morgan fingerprint density at radius 2 is 1.00 bits per heavy atom. The SMILES string of the molecule is COCCOCCOCCOCCOCCOCCOCCOCCNC(=O)c1cc(N2C(=O)C=CC2=O)cc(C(=O)NCCOCCOCCOCCOCCOCCOCCOCCOC)c1OCCCC(=O)NCC(=O)NCC(=O)N[C@@H](Cc1ccccc1)C(=O)NCC(=O)NCO[C@H](C(=O)NCc1c2c(nc3cc(F)c(C)cc13)-c1cc3c(c(=O)n1C2)COC(=O)[C@]3(O)CC1CC1)C1CC1. The van der Waals surface area contributed by atoms with Crippen LogP contribution in [0.25, 0.3) is 22.3 Å². The number of esters is 1. The lowest BCUT2D eigenvalue weighted by molar-refractivity contribution is -0.173. The minimum atomic E-state index is -2.05. The number of ether oxygens (including phenoxy) is 19. The molecule has 0 unspecified atom stereocenters. The van der Waals surface area contributed by atoms with E-state index in [1.165, 1.54) is 22.8 Å². The molecule has 0 saturated heterocycles. The van der Waals surface area contributed by atoms with Gasteiger partial charge in [-0.1, -0.05) is 43.2 Å². The van der Waals surface area contributed by atoms with Crippen LogP contribution in [0, 0.1) is 24.6 Å². The van der Waals surface area contributed by atoms with E-state index < -0.39 is 121 Å². The molecule has 0 bridgehead atoms. The molecule has 5 heterocycles. The Hall–Kier alpha value is -10.9. The van der Waals surface area contributed by atoms with E-state index in [0.717, 1.165) is 29.9 Å². The van der Waals surface area contributed by atoms with Crippen LogP contribution in [-0.4, -0.2) is 350 Å².